The Labute approximate surface area is 160 Å². The molecule has 28 heavy (non-hydrogen) atoms. The topological polar surface area (TPSA) is 94.8 Å². The van der Waals surface area contributed by atoms with Gasteiger partial charge in [0.25, 0.3) is 5.91 Å². The first-order valence-electron chi connectivity index (χ1n) is 8.70. The maximum absolute atomic E-state index is 12.2. The van der Waals surface area contributed by atoms with Crippen molar-refractivity contribution in [1.29, 1.82) is 0 Å². The smallest absolute Gasteiger partial charge is 0.374 e. The maximum atomic E-state index is 12.2. The summed E-state index contributed by atoms with van der Waals surface area (Å²) in [5, 5.41) is 2.98. The molecule has 144 valence electrons. The van der Waals surface area contributed by atoms with Gasteiger partial charge in [-0.1, -0.05) is 11.6 Å². The average molecular weight is 381 g/mol. The van der Waals surface area contributed by atoms with E-state index in [4.69, 9.17) is 13.9 Å². The fourth-order valence-corrected chi connectivity index (χ4v) is 2.57. The Kier molecular flexibility index (Phi) is 5.74. The van der Waals surface area contributed by atoms with E-state index in [2.05, 4.69) is 5.32 Å². The number of hydrogen-bond acceptors (Lipinski definition) is 6. The summed E-state index contributed by atoms with van der Waals surface area (Å²) in [5.74, 6) is -0.971. The van der Waals surface area contributed by atoms with Gasteiger partial charge in [0, 0.05) is 11.8 Å². The van der Waals surface area contributed by atoms with Crippen LogP contribution in [0.5, 0.6) is 5.75 Å². The number of anilines is 1. The minimum atomic E-state index is -0.888. The van der Waals surface area contributed by atoms with Crippen LogP contribution < -0.4 is 15.5 Å². The molecule has 0 radical (unpaired) electrons. The number of benzene rings is 2. The van der Waals surface area contributed by atoms with Crippen LogP contribution in [0.15, 0.2) is 57.7 Å². The van der Waals surface area contributed by atoms with Crippen LogP contribution in [0, 0.1) is 6.92 Å². The Morgan fingerprint density at radius 3 is 2.54 bits per heavy atom. The zero-order valence-corrected chi connectivity index (χ0v) is 15.5. The lowest BCUT2D eigenvalue weighted by Crippen LogP contribution is -2.21. The van der Waals surface area contributed by atoms with E-state index in [1.165, 1.54) is 0 Å². The normalized spacial score (nSPS) is 10.5. The number of ether oxygens (including phenoxy) is 2. The molecule has 0 fully saturated rings. The van der Waals surface area contributed by atoms with Gasteiger partial charge in [0.05, 0.1) is 12.0 Å². The van der Waals surface area contributed by atoms with Gasteiger partial charge in [-0.25, -0.2) is 4.79 Å². The zero-order valence-electron chi connectivity index (χ0n) is 15.5. The molecule has 1 aromatic heterocycles. The average Bonchev–Trinajstić information content (AvgIpc) is 2.68. The van der Waals surface area contributed by atoms with Gasteiger partial charge in [-0.05, 0) is 50.2 Å². The predicted molar refractivity (Wildman–Crippen MR) is 104 cm³/mol. The summed E-state index contributed by atoms with van der Waals surface area (Å²) in [5.41, 5.74) is 1.37. The minimum Gasteiger partial charge on any atom is -0.494 e. The van der Waals surface area contributed by atoms with Crippen molar-refractivity contribution < 1.29 is 23.5 Å². The van der Waals surface area contributed by atoms with Crippen LogP contribution in [-0.4, -0.2) is 25.1 Å². The van der Waals surface area contributed by atoms with Crippen molar-refractivity contribution in [2.24, 2.45) is 0 Å². The number of aryl methyl sites for hydroxylation is 1. The molecule has 0 aliphatic rings. The van der Waals surface area contributed by atoms with E-state index < -0.39 is 18.5 Å². The second-order valence-electron chi connectivity index (χ2n) is 6.06. The maximum Gasteiger partial charge on any atom is 0.374 e. The van der Waals surface area contributed by atoms with Crippen molar-refractivity contribution in [2.75, 3.05) is 18.5 Å². The highest BCUT2D eigenvalue weighted by atomic mass is 16.5. The Morgan fingerprint density at radius 2 is 1.82 bits per heavy atom. The van der Waals surface area contributed by atoms with Crippen LogP contribution in [0.2, 0.25) is 0 Å². The molecule has 7 heteroatoms. The molecule has 3 aromatic rings. The van der Waals surface area contributed by atoms with Crippen molar-refractivity contribution in [1.82, 2.24) is 0 Å². The number of rotatable bonds is 6. The summed E-state index contributed by atoms with van der Waals surface area (Å²) >= 11 is 0. The van der Waals surface area contributed by atoms with Crippen LogP contribution in [0.4, 0.5) is 5.69 Å². The van der Waals surface area contributed by atoms with Crippen molar-refractivity contribution in [3.05, 3.63) is 70.1 Å². The monoisotopic (exact) mass is 381 g/mol. The number of nitrogens with one attached hydrogen (secondary N) is 1. The molecule has 2 aromatic carbocycles. The first-order valence-corrected chi connectivity index (χ1v) is 8.70. The zero-order chi connectivity index (χ0) is 20.1. The highest BCUT2D eigenvalue weighted by molar-refractivity contribution is 5.95. The highest BCUT2D eigenvalue weighted by Gasteiger charge is 2.15. The third-order valence-corrected chi connectivity index (χ3v) is 3.87. The van der Waals surface area contributed by atoms with E-state index in [0.29, 0.717) is 23.4 Å². The molecule has 7 nitrogen and oxygen atoms in total. The van der Waals surface area contributed by atoms with Crippen molar-refractivity contribution in [2.45, 2.75) is 13.8 Å². The third kappa shape index (κ3) is 4.56. The van der Waals surface area contributed by atoms with Gasteiger partial charge in [0.2, 0.25) is 5.76 Å². The van der Waals surface area contributed by atoms with E-state index >= 15 is 0 Å². The molecule has 0 saturated carbocycles. The first kappa shape index (κ1) is 19.2. The van der Waals surface area contributed by atoms with Crippen LogP contribution in [0.1, 0.15) is 23.0 Å². The van der Waals surface area contributed by atoms with E-state index in [-0.39, 0.29) is 16.8 Å². The van der Waals surface area contributed by atoms with E-state index in [9.17, 15) is 14.4 Å². The Morgan fingerprint density at radius 1 is 1.07 bits per heavy atom. The van der Waals surface area contributed by atoms with Gasteiger partial charge < -0.3 is 19.2 Å². The third-order valence-electron chi connectivity index (χ3n) is 3.87. The number of hydrogen-bond donors (Lipinski definition) is 1. The van der Waals surface area contributed by atoms with Crippen LogP contribution in [0.3, 0.4) is 0 Å². The van der Waals surface area contributed by atoms with Crippen molar-refractivity contribution in [3.8, 4) is 5.75 Å². The standard InChI is InChI=1S/C21H19NO6/c1-3-26-15-7-5-14(6-8-15)22-20(24)12-27-21(25)19-11-17(23)16-10-13(2)4-9-18(16)28-19/h4-11H,3,12H2,1-2H3,(H,22,24). The van der Waals surface area contributed by atoms with Gasteiger partial charge >= 0.3 is 5.97 Å². The van der Waals surface area contributed by atoms with Crippen LogP contribution >= 0.6 is 0 Å². The molecule has 3 rings (SSSR count). The first-order chi connectivity index (χ1) is 13.5. The lowest BCUT2D eigenvalue weighted by Gasteiger charge is -2.08. The largest absolute Gasteiger partial charge is 0.494 e. The second kappa shape index (κ2) is 8.39. The molecular formula is C21H19NO6. The second-order valence-corrected chi connectivity index (χ2v) is 6.06. The van der Waals surface area contributed by atoms with Crippen molar-refractivity contribution >= 4 is 28.5 Å². The van der Waals surface area contributed by atoms with E-state index in [0.717, 1.165) is 11.6 Å². The van der Waals surface area contributed by atoms with Gasteiger partial charge in [0.1, 0.15) is 11.3 Å². The Balaban J connectivity index is 1.62. The molecule has 0 saturated heterocycles. The molecule has 1 N–H and O–H groups in total. The van der Waals surface area contributed by atoms with Gasteiger partial charge in [0.15, 0.2) is 12.0 Å². The van der Waals surface area contributed by atoms with Crippen LogP contribution in [0.25, 0.3) is 11.0 Å². The molecule has 0 unspecified atom stereocenters. The van der Waals surface area contributed by atoms with Crippen LogP contribution in [-0.2, 0) is 9.53 Å². The van der Waals surface area contributed by atoms with E-state index in [1.54, 1.807) is 42.5 Å². The number of esters is 1. The van der Waals surface area contributed by atoms with E-state index in [1.807, 2.05) is 13.8 Å². The summed E-state index contributed by atoms with van der Waals surface area (Å²) in [4.78, 5) is 36.2. The quantitative estimate of drug-likeness (QED) is 0.659. The number of carbonyl (C=O) groups is 2. The lowest BCUT2D eigenvalue weighted by molar-refractivity contribution is -0.119. The highest BCUT2D eigenvalue weighted by Crippen LogP contribution is 2.16. The number of carbonyl (C=O) groups excluding carboxylic acids is 2. The molecule has 0 aliphatic carbocycles. The Hall–Kier alpha value is -3.61. The number of amides is 1. The molecule has 0 atom stereocenters. The molecule has 0 aliphatic heterocycles. The summed E-state index contributed by atoms with van der Waals surface area (Å²) in [7, 11) is 0. The predicted octanol–water partition coefficient (Wildman–Crippen LogP) is 3.30. The molecule has 1 amide bonds. The molecule has 0 bridgehead atoms. The lowest BCUT2D eigenvalue weighted by atomic mass is 10.1. The molecule has 0 spiro atoms. The minimum absolute atomic E-state index is 0.254. The Bertz CT molecular complexity index is 1070. The summed E-state index contributed by atoms with van der Waals surface area (Å²) < 4.78 is 15.7. The van der Waals surface area contributed by atoms with Gasteiger partial charge in [-0.3, -0.25) is 9.59 Å². The molecular weight excluding hydrogens is 362 g/mol. The number of fused-ring (bicyclic) bond motifs is 1. The van der Waals surface area contributed by atoms with Crippen molar-refractivity contribution in [3.63, 3.8) is 0 Å². The van der Waals surface area contributed by atoms with Gasteiger partial charge in [-0.2, -0.15) is 0 Å². The SMILES string of the molecule is CCOc1ccc(NC(=O)COC(=O)c2cc(=O)c3cc(C)ccc3o2)cc1. The fraction of sp³-hybridized carbons (Fsp3) is 0.190. The molecule has 1 heterocycles. The summed E-state index contributed by atoms with van der Waals surface area (Å²) in [6.45, 7) is 3.76. The van der Waals surface area contributed by atoms with Gasteiger partial charge in [-0.15, -0.1) is 0 Å². The summed E-state index contributed by atoms with van der Waals surface area (Å²) in [6.07, 6.45) is 0. The fourth-order valence-electron chi connectivity index (χ4n) is 2.57. The summed E-state index contributed by atoms with van der Waals surface area (Å²) in [6, 6.07) is 12.9.